The first-order chi connectivity index (χ1) is 16.0. The van der Waals surface area contributed by atoms with Gasteiger partial charge in [-0.1, -0.05) is 28.4 Å². The summed E-state index contributed by atoms with van der Waals surface area (Å²) < 4.78 is 31.6. The van der Waals surface area contributed by atoms with Crippen LogP contribution in [0.4, 0.5) is 14.5 Å². The van der Waals surface area contributed by atoms with E-state index >= 15 is 0 Å². The van der Waals surface area contributed by atoms with Crippen LogP contribution >= 0.6 is 23.2 Å². The predicted molar refractivity (Wildman–Crippen MR) is 116 cm³/mol. The van der Waals surface area contributed by atoms with Crippen LogP contribution in [0.5, 0.6) is 11.5 Å². The number of nitrogens with zero attached hydrogens (tertiary/aromatic N) is 1. The Hall–Kier alpha value is -3.51. The second-order valence-electron chi connectivity index (χ2n) is 7.52. The summed E-state index contributed by atoms with van der Waals surface area (Å²) >= 11 is 12.4. The van der Waals surface area contributed by atoms with E-state index in [1.54, 1.807) is 0 Å². The fourth-order valence-electron chi connectivity index (χ4n) is 3.20. The molecule has 0 spiro atoms. The van der Waals surface area contributed by atoms with E-state index in [0.717, 1.165) is 12.3 Å². The van der Waals surface area contributed by atoms with Crippen molar-refractivity contribution in [2.45, 2.75) is 31.2 Å². The molecule has 10 nitrogen and oxygen atoms in total. The quantitative estimate of drug-likeness (QED) is 0.505. The number of pyridine rings is 1. The number of rotatable bonds is 6. The highest BCUT2D eigenvalue weighted by Crippen LogP contribution is 2.39. The van der Waals surface area contributed by atoms with E-state index in [9.17, 15) is 28.0 Å². The lowest BCUT2D eigenvalue weighted by molar-refractivity contribution is -0.140. The van der Waals surface area contributed by atoms with Gasteiger partial charge in [0.2, 0.25) is 0 Å². The maximum Gasteiger partial charge on any atom is 0.341 e. The van der Waals surface area contributed by atoms with Gasteiger partial charge in [0.15, 0.2) is 11.5 Å². The summed E-state index contributed by atoms with van der Waals surface area (Å²) in [6, 6.07) is 3.00. The Morgan fingerprint density at radius 2 is 1.82 bits per heavy atom. The van der Waals surface area contributed by atoms with Gasteiger partial charge >= 0.3 is 5.97 Å². The van der Waals surface area contributed by atoms with Crippen molar-refractivity contribution in [1.82, 2.24) is 10.3 Å². The minimum Gasteiger partial charge on any atom is -0.453 e. The van der Waals surface area contributed by atoms with Crippen molar-refractivity contribution >= 4 is 52.4 Å². The number of carbonyl (C=O) groups is 3. The van der Waals surface area contributed by atoms with E-state index in [2.05, 4.69) is 25.6 Å². The minimum atomic E-state index is -2.83. The molecule has 0 atom stereocenters. The highest BCUT2D eigenvalue weighted by Gasteiger charge is 2.46. The molecule has 178 valence electrons. The lowest BCUT2D eigenvalue weighted by Gasteiger charge is -2.35. The summed E-state index contributed by atoms with van der Waals surface area (Å²) in [6.45, 7) is 0. The van der Waals surface area contributed by atoms with Crippen LogP contribution in [-0.2, 0) is 14.4 Å². The van der Waals surface area contributed by atoms with Crippen LogP contribution < -0.4 is 20.9 Å². The largest absolute Gasteiger partial charge is 0.453 e. The topological polar surface area (TPSA) is 139 Å². The smallest absolute Gasteiger partial charge is 0.341 e. The standard InChI is InChI=1S/C20H14Cl2F2N4O6/c21-12-1-8(26-19(32)14-4-15(29)34-28-14)2-13(22)16(12)33-10-3-11(17(30)25-7-10)18(31)27-9-5-20(23,24)6-9/h1-3,7,9H,4-6H2,(H,25,30)(H,26,32)(H,27,31). The van der Waals surface area contributed by atoms with Crippen LogP contribution in [0, 0.1) is 0 Å². The number of anilines is 1. The Kier molecular flexibility index (Phi) is 6.28. The summed E-state index contributed by atoms with van der Waals surface area (Å²) in [5.41, 5.74) is -1.04. The van der Waals surface area contributed by atoms with Crippen LogP contribution in [0.15, 0.2) is 34.3 Å². The predicted octanol–water partition coefficient (Wildman–Crippen LogP) is 3.24. The molecule has 1 aliphatic heterocycles. The van der Waals surface area contributed by atoms with E-state index in [1.165, 1.54) is 12.1 Å². The first-order valence-corrected chi connectivity index (χ1v) is 10.4. The third-order valence-corrected chi connectivity index (χ3v) is 5.42. The molecule has 1 fully saturated rings. The summed E-state index contributed by atoms with van der Waals surface area (Å²) in [5, 5.41) is 8.13. The Bertz CT molecular complexity index is 1270. The van der Waals surface area contributed by atoms with Gasteiger partial charge in [-0.15, -0.1) is 0 Å². The molecular formula is C20H14Cl2F2N4O6. The molecule has 0 bridgehead atoms. The average molecular weight is 515 g/mol. The third kappa shape index (κ3) is 5.18. The third-order valence-electron chi connectivity index (χ3n) is 4.85. The molecule has 0 saturated heterocycles. The van der Waals surface area contributed by atoms with Crippen LogP contribution in [-0.4, -0.2) is 40.4 Å². The Labute approximate surface area is 199 Å². The number of nitrogens with one attached hydrogen (secondary N) is 3. The number of oxime groups is 1. The second kappa shape index (κ2) is 9.03. The summed E-state index contributed by atoms with van der Waals surface area (Å²) in [7, 11) is 0. The number of amides is 2. The van der Waals surface area contributed by atoms with Gasteiger partial charge in [0.05, 0.1) is 16.5 Å². The van der Waals surface area contributed by atoms with Crippen molar-refractivity contribution in [2.75, 3.05) is 5.32 Å². The highest BCUT2D eigenvalue weighted by molar-refractivity contribution is 6.46. The van der Waals surface area contributed by atoms with Crippen LogP contribution in [0.25, 0.3) is 0 Å². The second-order valence-corrected chi connectivity index (χ2v) is 8.33. The Morgan fingerprint density at radius 3 is 2.41 bits per heavy atom. The van der Waals surface area contributed by atoms with E-state index in [0.29, 0.717) is 0 Å². The normalized spacial score (nSPS) is 16.8. The highest BCUT2D eigenvalue weighted by atomic mass is 35.5. The lowest BCUT2D eigenvalue weighted by Crippen LogP contribution is -2.51. The van der Waals surface area contributed by atoms with Gasteiger partial charge in [-0.3, -0.25) is 14.4 Å². The van der Waals surface area contributed by atoms with Crippen molar-refractivity contribution in [3.63, 3.8) is 0 Å². The Morgan fingerprint density at radius 1 is 1.15 bits per heavy atom. The maximum absolute atomic E-state index is 13.0. The van der Waals surface area contributed by atoms with Crippen molar-refractivity contribution in [3.05, 3.63) is 50.4 Å². The van der Waals surface area contributed by atoms with Gasteiger partial charge in [-0.25, -0.2) is 13.6 Å². The molecule has 4 rings (SSSR count). The molecule has 2 aromatic rings. The first-order valence-electron chi connectivity index (χ1n) is 9.67. The number of ether oxygens (including phenoxy) is 1. The Balaban J connectivity index is 1.47. The molecule has 3 N–H and O–H groups in total. The summed E-state index contributed by atoms with van der Waals surface area (Å²) in [4.78, 5) is 54.2. The molecule has 1 aliphatic carbocycles. The number of hydrogen-bond donors (Lipinski definition) is 3. The van der Waals surface area contributed by atoms with E-state index in [-0.39, 0.29) is 44.9 Å². The molecule has 0 radical (unpaired) electrons. The maximum atomic E-state index is 13.0. The van der Waals surface area contributed by atoms with Crippen molar-refractivity contribution in [1.29, 1.82) is 0 Å². The zero-order valence-corrected chi connectivity index (χ0v) is 18.4. The van der Waals surface area contributed by atoms with E-state index in [4.69, 9.17) is 27.9 Å². The molecule has 2 aliphatic rings. The molecule has 2 heterocycles. The molecule has 0 unspecified atom stereocenters. The number of halogens is 4. The molecule has 14 heteroatoms. The van der Waals surface area contributed by atoms with Crippen molar-refractivity contribution in [3.8, 4) is 11.5 Å². The number of hydrogen-bond acceptors (Lipinski definition) is 7. The number of aromatic amines is 1. The fourth-order valence-corrected chi connectivity index (χ4v) is 3.76. The number of benzene rings is 1. The van der Waals surface area contributed by atoms with Gasteiger partial charge in [-0.05, 0) is 12.1 Å². The summed E-state index contributed by atoms with van der Waals surface area (Å²) in [5.74, 6) is -5.07. The van der Waals surface area contributed by atoms with Crippen LogP contribution in [0.1, 0.15) is 29.6 Å². The molecule has 2 amide bonds. The van der Waals surface area contributed by atoms with Gasteiger partial charge in [-0.2, -0.15) is 0 Å². The number of alkyl halides is 2. The first kappa shape index (κ1) is 23.6. The van der Waals surface area contributed by atoms with Crippen molar-refractivity contribution < 1.29 is 32.7 Å². The van der Waals surface area contributed by atoms with E-state index < -0.39 is 48.1 Å². The van der Waals surface area contributed by atoms with Crippen LogP contribution in [0.2, 0.25) is 10.0 Å². The summed E-state index contributed by atoms with van der Waals surface area (Å²) in [6.07, 6.45) is -0.122. The molecule has 1 saturated carbocycles. The fraction of sp³-hybridized carbons (Fsp3) is 0.250. The van der Waals surface area contributed by atoms with Gasteiger partial charge in [0, 0.05) is 36.8 Å². The molecular weight excluding hydrogens is 501 g/mol. The number of H-pyrrole nitrogens is 1. The van der Waals surface area contributed by atoms with Crippen LogP contribution in [0.3, 0.4) is 0 Å². The monoisotopic (exact) mass is 514 g/mol. The average Bonchev–Trinajstić information content (AvgIpc) is 3.17. The molecule has 1 aromatic carbocycles. The zero-order valence-electron chi connectivity index (χ0n) is 16.9. The van der Waals surface area contributed by atoms with Gasteiger partial charge in [0.1, 0.15) is 11.3 Å². The van der Waals surface area contributed by atoms with Gasteiger partial charge in [0.25, 0.3) is 23.3 Å². The van der Waals surface area contributed by atoms with E-state index in [1.807, 2.05) is 0 Å². The SMILES string of the molecule is O=C1CC(C(=O)Nc2cc(Cl)c(Oc3c[nH]c(=O)c(C(=O)NC4CC(F)(F)C4)c3)c(Cl)c2)=NO1. The molecule has 1 aromatic heterocycles. The minimum absolute atomic E-state index is 0.0137. The molecule has 34 heavy (non-hydrogen) atoms. The number of carbonyl (C=O) groups excluding carboxylic acids is 3. The zero-order chi connectivity index (χ0) is 24.6. The lowest BCUT2D eigenvalue weighted by atomic mass is 9.88. The van der Waals surface area contributed by atoms with Gasteiger partial charge < -0.3 is 25.2 Å². The number of aromatic nitrogens is 1. The van der Waals surface area contributed by atoms with Crippen molar-refractivity contribution in [2.24, 2.45) is 5.16 Å².